The Bertz CT molecular complexity index is 1140. The molecule has 33 heavy (non-hydrogen) atoms. The minimum absolute atomic E-state index is 0.0764. The van der Waals surface area contributed by atoms with E-state index in [1.54, 1.807) is 0 Å². The Morgan fingerprint density at radius 2 is 1.30 bits per heavy atom. The van der Waals surface area contributed by atoms with E-state index in [1.807, 2.05) is 84.9 Å². The predicted molar refractivity (Wildman–Crippen MR) is 133 cm³/mol. The molecule has 4 aromatic rings. The summed E-state index contributed by atoms with van der Waals surface area (Å²) in [5.41, 5.74) is 4.18. The van der Waals surface area contributed by atoms with Crippen LogP contribution in [0.5, 0.6) is 11.5 Å². The lowest BCUT2D eigenvalue weighted by molar-refractivity contribution is -0.118. The van der Waals surface area contributed by atoms with Crippen molar-refractivity contribution >= 4 is 11.6 Å². The maximum atomic E-state index is 12.4. The number of ether oxygens (including phenoxy) is 2. The zero-order valence-corrected chi connectivity index (χ0v) is 18.4. The first kappa shape index (κ1) is 22.2. The van der Waals surface area contributed by atoms with Crippen molar-refractivity contribution in [3.05, 3.63) is 115 Å². The van der Waals surface area contributed by atoms with Crippen LogP contribution < -0.4 is 14.8 Å². The average Bonchev–Trinajstić information content (AvgIpc) is 2.88. The molecule has 4 heteroatoms. The van der Waals surface area contributed by atoms with Crippen molar-refractivity contribution in [1.82, 2.24) is 0 Å². The van der Waals surface area contributed by atoms with Gasteiger partial charge in [0.15, 0.2) is 6.61 Å². The molecule has 0 aliphatic carbocycles. The minimum Gasteiger partial charge on any atom is -0.491 e. The van der Waals surface area contributed by atoms with Crippen LogP contribution in [0.3, 0.4) is 0 Å². The van der Waals surface area contributed by atoms with E-state index in [-0.39, 0.29) is 12.5 Å². The van der Waals surface area contributed by atoms with Gasteiger partial charge in [-0.05, 0) is 53.8 Å². The summed E-state index contributed by atoms with van der Waals surface area (Å²) in [7, 11) is 0. The molecular formula is C29H27NO3. The Morgan fingerprint density at radius 3 is 2.06 bits per heavy atom. The van der Waals surface area contributed by atoms with Crippen molar-refractivity contribution in [1.29, 1.82) is 0 Å². The number of amides is 1. The number of aryl methyl sites for hydroxylation is 1. The third-order valence-corrected chi connectivity index (χ3v) is 5.20. The van der Waals surface area contributed by atoms with Gasteiger partial charge in [-0.3, -0.25) is 4.79 Å². The molecule has 0 saturated heterocycles. The van der Waals surface area contributed by atoms with Crippen LogP contribution in [0.25, 0.3) is 11.1 Å². The van der Waals surface area contributed by atoms with Gasteiger partial charge in [-0.15, -0.1) is 0 Å². The molecule has 0 unspecified atom stereocenters. The van der Waals surface area contributed by atoms with Gasteiger partial charge in [-0.1, -0.05) is 84.9 Å². The van der Waals surface area contributed by atoms with Crippen LogP contribution in [0, 0.1) is 0 Å². The maximum Gasteiger partial charge on any atom is 0.262 e. The van der Waals surface area contributed by atoms with Crippen LogP contribution in [0.1, 0.15) is 12.0 Å². The molecule has 0 aliphatic heterocycles. The van der Waals surface area contributed by atoms with Crippen molar-refractivity contribution < 1.29 is 14.3 Å². The van der Waals surface area contributed by atoms with Crippen molar-refractivity contribution in [3.8, 4) is 22.6 Å². The number of hydrogen-bond donors (Lipinski definition) is 1. The Kier molecular flexibility index (Phi) is 7.74. The predicted octanol–water partition coefficient (Wildman–Crippen LogP) is 6.38. The van der Waals surface area contributed by atoms with Crippen molar-refractivity contribution in [2.75, 3.05) is 18.5 Å². The first-order valence-electron chi connectivity index (χ1n) is 11.1. The summed E-state index contributed by atoms with van der Waals surface area (Å²) in [6.07, 6.45) is 1.85. The van der Waals surface area contributed by atoms with E-state index >= 15 is 0 Å². The van der Waals surface area contributed by atoms with Crippen LogP contribution in [0.4, 0.5) is 5.69 Å². The Hall–Kier alpha value is -4.05. The van der Waals surface area contributed by atoms with Crippen LogP contribution in [-0.4, -0.2) is 19.1 Å². The van der Waals surface area contributed by atoms with E-state index in [0.717, 1.165) is 24.0 Å². The number of carbonyl (C=O) groups is 1. The Labute approximate surface area is 194 Å². The number of anilines is 1. The van der Waals surface area contributed by atoms with Gasteiger partial charge in [0.2, 0.25) is 0 Å². The highest BCUT2D eigenvalue weighted by Gasteiger charge is 2.09. The van der Waals surface area contributed by atoms with Crippen LogP contribution >= 0.6 is 0 Å². The number of carbonyl (C=O) groups excluding carboxylic acids is 1. The average molecular weight is 438 g/mol. The lowest BCUT2D eigenvalue weighted by atomic mass is 10.1. The second kappa shape index (κ2) is 11.5. The smallest absolute Gasteiger partial charge is 0.262 e. The van der Waals surface area contributed by atoms with Gasteiger partial charge in [-0.2, -0.15) is 0 Å². The fourth-order valence-electron chi connectivity index (χ4n) is 3.51. The largest absolute Gasteiger partial charge is 0.491 e. The molecule has 0 bridgehead atoms. The summed E-state index contributed by atoms with van der Waals surface area (Å²) in [6, 6.07) is 35.6. The van der Waals surface area contributed by atoms with Crippen LogP contribution in [-0.2, 0) is 11.2 Å². The normalized spacial score (nSPS) is 10.4. The van der Waals surface area contributed by atoms with Gasteiger partial charge < -0.3 is 14.8 Å². The summed E-state index contributed by atoms with van der Waals surface area (Å²) in [4.78, 5) is 12.4. The number of rotatable bonds is 10. The number of para-hydroxylation sites is 2. The van der Waals surface area contributed by atoms with Crippen LogP contribution in [0.2, 0.25) is 0 Å². The highest BCUT2D eigenvalue weighted by Crippen LogP contribution is 2.25. The van der Waals surface area contributed by atoms with Gasteiger partial charge in [0.25, 0.3) is 5.91 Å². The first-order chi connectivity index (χ1) is 16.3. The molecule has 166 valence electrons. The first-order valence-corrected chi connectivity index (χ1v) is 11.1. The highest BCUT2D eigenvalue weighted by atomic mass is 16.5. The molecule has 4 rings (SSSR count). The maximum absolute atomic E-state index is 12.4. The topological polar surface area (TPSA) is 47.6 Å². The van der Waals surface area contributed by atoms with Crippen LogP contribution in [0.15, 0.2) is 109 Å². The van der Waals surface area contributed by atoms with Gasteiger partial charge in [0.1, 0.15) is 11.5 Å². The molecule has 4 nitrogen and oxygen atoms in total. The Balaban J connectivity index is 1.25. The van der Waals surface area contributed by atoms with Gasteiger partial charge in [0, 0.05) is 0 Å². The molecule has 1 amide bonds. The monoisotopic (exact) mass is 437 g/mol. The third kappa shape index (κ3) is 6.71. The zero-order chi connectivity index (χ0) is 22.7. The SMILES string of the molecule is O=C(COc1ccc(-c2ccccc2)cc1)Nc1ccccc1OCCCc1ccccc1. The summed E-state index contributed by atoms with van der Waals surface area (Å²) in [6.45, 7) is 0.499. The molecule has 0 saturated carbocycles. The van der Waals surface area contributed by atoms with E-state index in [0.29, 0.717) is 23.8 Å². The lowest BCUT2D eigenvalue weighted by Gasteiger charge is -2.13. The molecule has 0 atom stereocenters. The second-order valence-corrected chi connectivity index (χ2v) is 7.66. The quantitative estimate of drug-likeness (QED) is 0.293. The van der Waals surface area contributed by atoms with Gasteiger partial charge >= 0.3 is 0 Å². The lowest BCUT2D eigenvalue weighted by Crippen LogP contribution is -2.20. The summed E-state index contributed by atoms with van der Waals surface area (Å²) in [5, 5.41) is 2.89. The molecule has 0 spiro atoms. The van der Waals surface area contributed by atoms with Crippen molar-refractivity contribution in [3.63, 3.8) is 0 Å². The molecule has 0 heterocycles. The number of hydrogen-bond acceptors (Lipinski definition) is 3. The second-order valence-electron chi connectivity index (χ2n) is 7.66. The number of benzene rings is 4. The molecule has 0 fully saturated rings. The van der Waals surface area contributed by atoms with E-state index in [9.17, 15) is 4.79 Å². The summed E-state index contributed by atoms with van der Waals surface area (Å²) >= 11 is 0. The van der Waals surface area contributed by atoms with Gasteiger partial charge in [-0.25, -0.2) is 0 Å². The fourth-order valence-corrected chi connectivity index (χ4v) is 3.51. The Morgan fingerprint density at radius 1 is 0.667 bits per heavy atom. The van der Waals surface area contributed by atoms with E-state index in [2.05, 4.69) is 29.6 Å². The number of nitrogens with one attached hydrogen (secondary N) is 1. The van der Waals surface area contributed by atoms with Crippen molar-refractivity contribution in [2.45, 2.75) is 12.8 Å². The fraction of sp³-hybridized carbons (Fsp3) is 0.138. The minimum atomic E-state index is -0.234. The van der Waals surface area contributed by atoms with E-state index in [1.165, 1.54) is 5.56 Å². The molecule has 4 aromatic carbocycles. The molecule has 1 N–H and O–H groups in total. The van der Waals surface area contributed by atoms with E-state index < -0.39 is 0 Å². The third-order valence-electron chi connectivity index (χ3n) is 5.20. The highest BCUT2D eigenvalue weighted by molar-refractivity contribution is 5.93. The molecule has 0 radical (unpaired) electrons. The van der Waals surface area contributed by atoms with E-state index in [4.69, 9.17) is 9.47 Å². The molecular weight excluding hydrogens is 410 g/mol. The summed E-state index contributed by atoms with van der Waals surface area (Å²) < 4.78 is 11.6. The van der Waals surface area contributed by atoms with Gasteiger partial charge in [0.05, 0.1) is 12.3 Å². The standard InChI is InChI=1S/C29H27NO3/c31-29(22-33-26-19-17-25(18-20-26)24-13-5-2-6-14-24)30-27-15-7-8-16-28(27)32-21-9-12-23-10-3-1-4-11-23/h1-8,10-11,13-20H,9,12,21-22H2,(H,30,31). The molecule has 0 aromatic heterocycles. The zero-order valence-electron chi connectivity index (χ0n) is 18.4. The summed E-state index contributed by atoms with van der Waals surface area (Å²) in [5.74, 6) is 1.07. The molecule has 0 aliphatic rings. The van der Waals surface area contributed by atoms with Crippen molar-refractivity contribution in [2.24, 2.45) is 0 Å².